The summed E-state index contributed by atoms with van der Waals surface area (Å²) in [5, 5.41) is 3.23. The van der Waals surface area contributed by atoms with Gasteiger partial charge in [0.05, 0.1) is 18.4 Å². The number of rotatable bonds is 6. The van der Waals surface area contributed by atoms with Crippen LogP contribution in [0.5, 0.6) is 5.75 Å². The zero-order valence-electron chi connectivity index (χ0n) is 19.6. The third-order valence-corrected chi connectivity index (χ3v) is 5.85. The third-order valence-electron chi connectivity index (χ3n) is 5.85. The van der Waals surface area contributed by atoms with Crippen molar-refractivity contribution in [1.29, 1.82) is 0 Å². The molecule has 0 fully saturated rings. The molecule has 0 aromatic heterocycles. The maximum Gasteiger partial charge on any atom is 0.282 e. The van der Waals surface area contributed by atoms with Gasteiger partial charge in [-0.3, -0.25) is 9.59 Å². The average molecular weight is 441 g/mol. The Bertz CT molecular complexity index is 1240. The molecule has 0 bridgehead atoms. The lowest BCUT2D eigenvalue weighted by atomic mass is 10.0. The Hall–Kier alpha value is -3.86. The van der Waals surface area contributed by atoms with Crippen molar-refractivity contribution in [2.24, 2.45) is 0 Å². The molecule has 33 heavy (non-hydrogen) atoms. The lowest BCUT2D eigenvalue weighted by molar-refractivity contribution is -0.120. The fraction of sp³-hybridized carbons (Fsp3) is 0.214. The van der Waals surface area contributed by atoms with E-state index in [9.17, 15) is 9.59 Å². The van der Waals surface area contributed by atoms with E-state index in [0.29, 0.717) is 28.5 Å². The number of ether oxygens (including phenoxy) is 1. The number of amides is 2. The molecule has 2 amide bonds. The molecule has 0 unspecified atom stereocenters. The van der Waals surface area contributed by atoms with E-state index in [1.807, 2.05) is 68.4 Å². The van der Waals surface area contributed by atoms with Crippen molar-refractivity contribution in [3.63, 3.8) is 0 Å². The molecule has 4 rings (SSSR count). The average Bonchev–Trinajstić information content (AvgIpc) is 3.04. The molecular formula is C28H28N2O3. The molecule has 3 aromatic carbocycles. The molecule has 1 N–H and O–H groups in total. The van der Waals surface area contributed by atoms with E-state index >= 15 is 0 Å². The van der Waals surface area contributed by atoms with Crippen molar-refractivity contribution in [3.8, 4) is 5.75 Å². The van der Waals surface area contributed by atoms with Crippen LogP contribution < -0.4 is 15.0 Å². The van der Waals surface area contributed by atoms with Gasteiger partial charge in [-0.1, -0.05) is 61.9 Å². The number of benzene rings is 3. The van der Waals surface area contributed by atoms with Crippen LogP contribution in [0.4, 0.5) is 11.4 Å². The van der Waals surface area contributed by atoms with E-state index in [4.69, 9.17) is 4.74 Å². The van der Waals surface area contributed by atoms with Gasteiger partial charge in [0.25, 0.3) is 11.8 Å². The molecule has 1 aliphatic heterocycles. The number of imide groups is 1. The number of anilines is 2. The van der Waals surface area contributed by atoms with Crippen molar-refractivity contribution < 1.29 is 14.3 Å². The summed E-state index contributed by atoms with van der Waals surface area (Å²) in [4.78, 5) is 28.5. The Morgan fingerprint density at radius 2 is 1.45 bits per heavy atom. The number of nitrogens with one attached hydrogen (secondary N) is 1. The summed E-state index contributed by atoms with van der Waals surface area (Å²) < 4.78 is 5.47. The van der Waals surface area contributed by atoms with Gasteiger partial charge in [-0.25, -0.2) is 4.90 Å². The zero-order chi connectivity index (χ0) is 23.7. The summed E-state index contributed by atoms with van der Waals surface area (Å²) in [6.45, 7) is 8.16. The maximum atomic E-state index is 13.7. The van der Waals surface area contributed by atoms with E-state index in [0.717, 1.165) is 16.8 Å². The Kier molecular flexibility index (Phi) is 6.05. The van der Waals surface area contributed by atoms with Crippen LogP contribution in [0.2, 0.25) is 0 Å². The predicted molar refractivity (Wildman–Crippen MR) is 132 cm³/mol. The van der Waals surface area contributed by atoms with Crippen molar-refractivity contribution in [3.05, 3.63) is 94.7 Å². The monoisotopic (exact) mass is 440 g/mol. The predicted octanol–water partition coefficient (Wildman–Crippen LogP) is 5.83. The number of aryl methyl sites for hydroxylation is 2. The van der Waals surface area contributed by atoms with Gasteiger partial charge in [0, 0.05) is 5.69 Å². The van der Waals surface area contributed by atoms with E-state index in [-0.39, 0.29) is 11.6 Å². The number of hydrogen-bond acceptors (Lipinski definition) is 4. The first-order valence-electron chi connectivity index (χ1n) is 11.0. The summed E-state index contributed by atoms with van der Waals surface area (Å²) in [5.41, 5.74) is 5.67. The summed E-state index contributed by atoms with van der Waals surface area (Å²) >= 11 is 0. The van der Waals surface area contributed by atoms with Crippen LogP contribution in [0.25, 0.3) is 5.57 Å². The van der Waals surface area contributed by atoms with E-state index in [2.05, 4.69) is 19.2 Å². The molecule has 168 valence electrons. The normalized spacial score (nSPS) is 13.8. The number of carbonyl (C=O) groups is 2. The van der Waals surface area contributed by atoms with Gasteiger partial charge in [-0.05, 0) is 60.7 Å². The van der Waals surface area contributed by atoms with Crippen molar-refractivity contribution in [1.82, 2.24) is 0 Å². The summed E-state index contributed by atoms with van der Waals surface area (Å²) in [6.07, 6.45) is 0. The summed E-state index contributed by atoms with van der Waals surface area (Å²) in [7, 11) is 1.53. The van der Waals surface area contributed by atoms with Crippen LogP contribution in [-0.2, 0) is 9.59 Å². The molecule has 0 atom stereocenters. The lowest BCUT2D eigenvalue weighted by Gasteiger charge is -2.19. The first-order chi connectivity index (χ1) is 15.8. The largest absolute Gasteiger partial charge is 0.495 e. The van der Waals surface area contributed by atoms with Gasteiger partial charge in [0.15, 0.2) is 0 Å². The van der Waals surface area contributed by atoms with Gasteiger partial charge in [-0.15, -0.1) is 0 Å². The quantitative estimate of drug-likeness (QED) is 0.490. The van der Waals surface area contributed by atoms with Crippen LogP contribution in [0.15, 0.2) is 72.4 Å². The molecule has 3 aromatic rings. The van der Waals surface area contributed by atoms with Gasteiger partial charge >= 0.3 is 0 Å². The standard InChI is InChI=1S/C28H28N2O3/c1-17(2)20-11-13-22(14-12-20)29-26-25(21-9-6-18(3)7-10-21)27(31)30(28(26)32)23-16-19(4)8-15-24(23)33-5/h6-17,29H,1-5H3. The van der Waals surface area contributed by atoms with Crippen molar-refractivity contribution in [2.75, 3.05) is 17.3 Å². The van der Waals surface area contributed by atoms with Crippen LogP contribution in [0.3, 0.4) is 0 Å². The van der Waals surface area contributed by atoms with Gasteiger partial charge in [-0.2, -0.15) is 0 Å². The Balaban J connectivity index is 1.82. The Labute approximate surface area is 194 Å². The summed E-state index contributed by atoms with van der Waals surface area (Å²) in [5.74, 6) is 0.0786. The zero-order valence-corrected chi connectivity index (χ0v) is 19.6. The molecule has 0 aliphatic carbocycles. The van der Waals surface area contributed by atoms with E-state index in [1.165, 1.54) is 17.6 Å². The highest BCUT2D eigenvalue weighted by atomic mass is 16.5. The molecule has 0 saturated heterocycles. The third kappa shape index (κ3) is 4.27. The van der Waals surface area contributed by atoms with Crippen molar-refractivity contribution >= 4 is 28.8 Å². The van der Waals surface area contributed by atoms with Crippen LogP contribution in [0.1, 0.15) is 42.0 Å². The SMILES string of the molecule is COc1ccc(C)cc1N1C(=O)C(Nc2ccc(C(C)C)cc2)=C(c2ccc(C)cc2)C1=O. The van der Waals surface area contributed by atoms with E-state index < -0.39 is 5.91 Å². The van der Waals surface area contributed by atoms with Gasteiger partial charge in [0.1, 0.15) is 11.4 Å². The molecule has 1 aliphatic rings. The van der Waals surface area contributed by atoms with Crippen LogP contribution in [-0.4, -0.2) is 18.9 Å². The topological polar surface area (TPSA) is 58.6 Å². The molecule has 5 nitrogen and oxygen atoms in total. The second-order valence-corrected chi connectivity index (χ2v) is 8.64. The molecule has 5 heteroatoms. The van der Waals surface area contributed by atoms with Gasteiger partial charge < -0.3 is 10.1 Å². The fourth-order valence-electron chi connectivity index (χ4n) is 3.92. The Morgan fingerprint density at radius 1 is 0.818 bits per heavy atom. The molecule has 1 heterocycles. The minimum atomic E-state index is -0.410. The summed E-state index contributed by atoms with van der Waals surface area (Å²) in [6, 6.07) is 21.0. The first kappa shape index (κ1) is 22.3. The minimum absolute atomic E-state index is 0.254. The first-order valence-corrected chi connectivity index (χ1v) is 11.0. The maximum absolute atomic E-state index is 13.7. The van der Waals surface area contributed by atoms with Crippen LogP contribution >= 0.6 is 0 Å². The highest BCUT2D eigenvalue weighted by molar-refractivity contribution is 6.46. The second kappa shape index (κ2) is 8.94. The number of carbonyl (C=O) groups excluding carboxylic acids is 2. The highest BCUT2D eigenvalue weighted by Gasteiger charge is 2.41. The molecule has 0 spiro atoms. The molecule has 0 saturated carbocycles. The molecule has 0 radical (unpaired) electrons. The number of methoxy groups -OCH3 is 1. The Morgan fingerprint density at radius 3 is 2.06 bits per heavy atom. The smallest absolute Gasteiger partial charge is 0.282 e. The van der Waals surface area contributed by atoms with Crippen LogP contribution in [0, 0.1) is 13.8 Å². The van der Waals surface area contributed by atoms with Gasteiger partial charge in [0.2, 0.25) is 0 Å². The fourth-order valence-corrected chi connectivity index (χ4v) is 3.92. The number of hydrogen-bond donors (Lipinski definition) is 1. The second-order valence-electron chi connectivity index (χ2n) is 8.64. The lowest BCUT2D eigenvalue weighted by Crippen LogP contribution is -2.32. The van der Waals surface area contributed by atoms with E-state index in [1.54, 1.807) is 12.1 Å². The minimum Gasteiger partial charge on any atom is -0.495 e. The highest BCUT2D eigenvalue weighted by Crippen LogP contribution is 2.38. The van der Waals surface area contributed by atoms with Crippen molar-refractivity contribution in [2.45, 2.75) is 33.6 Å². The number of nitrogens with zero attached hydrogens (tertiary/aromatic N) is 1. The molecular weight excluding hydrogens is 412 g/mol.